The Morgan fingerprint density at radius 2 is 2.18 bits per heavy atom. The first-order valence-electron chi connectivity index (χ1n) is 5.42. The first-order chi connectivity index (χ1) is 7.95. The molecule has 0 aliphatic rings. The highest BCUT2D eigenvalue weighted by atomic mass is 32.2. The van der Waals surface area contributed by atoms with Gasteiger partial charge in [0.1, 0.15) is 0 Å². The largest absolute Gasteiger partial charge is 0.330 e. The molecule has 1 aromatic heterocycles. The van der Waals surface area contributed by atoms with Crippen molar-refractivity contribution in [2.24, 2.45) is 5.73 Å². The minimum Gasteiger partial charge on any atom is -0.330 e. The predicted octanol–water partition coefficient (Wildman–Crippen LogP) is 0.672. The Morgan fingerprint density at radius 1 is 1.47 bits per heavy atom. The van der Waals surface area contributed by atoms with E-state index in [1.807, 2.05) is 19.1 Å². The minimum absolute atomic E-state index is 0.341. The van der Waals surface area contributed by atoms with Gasteiger partial charge in [0, 0.05) is 29.9 Å². The number of nitrogens with two attached hydrogens (primary N) is 1. The highest BCUT2D eigenvalue weighted by Gasteiger charge is 2.16. The summed E-state index contributed by atoms with van der Waals surface area (Å²) in [6.07, 6.45) is 0.662. The molecule has 0 aliphatic heterocycles. The lowest BCUT2D eigenvalue weighted by molar-refractivity contribution is 0.453. The molecule has 0 spiro atoms. The lowest BCUT2D eigenvalue weighted by atomic mass is 10.4. The summed E-state index contributed by atoms with van der Waals surface area (Å²) < 4.78 is 27.4. The first-order valence-corrected chi connectivity index (χ1v) is 7.67. The van der Waals surface area contributed by atoms with Crippen LogP contribution in [-0.2, 0) is 16.8 Å². The first kappa shape index (κ1) is 14.6. The molecule has 0 aromatic carbocycles. The van der Waals surface area contributed by atoms with E-state index in [4.69, 9.17) is 5.73 Å². The Hall–Kier alpha value is -0.470. The Labute approximate surface area is 107 Å². The van der Waals surface area contributed by atoms with Gasteiger partial charge in [-0.25, -0.2) is 0 Å². The lowest BCUT2D eigenvalue weighted by Crippen LogP contribution is -2.38. The van der Waals surface area contributed by atoms with Gasteiger partial charge < -0.3 is 5.73 Å². The van der Waals surface area contributed by atoms with Gasteiger partial charge in [0.25, 0.3) is 10.2 Å². The van der Waals surface area contributed by atoms with Crippen LogP contribution >= 0.6 is 11.3 Å². The van der Waals surface area contributed by atoms with Crippen LogP contribution in [0.5, 0.6) is 0 Å². The number of nitrogens with zero attached hydrogens (tertiary/aromatic N) is 1. The number of hydrogen-bond donors (Lipinski definition) is 2. The van der Waals surface area contributed by atoms with Crippen molar-refractivity contribution in [1.82, 2.24) is 9.03 Å². The summed E-state index contributed by atoms with van der Waals surface area (Å²) in [4.78, 5) is 2.19. The maximum absolute atomic E-state index is 11.8. The van der Waals surface area contributed by atoms with Crippen LogP contribution in [0.15, 0.2) is 12.1 Å². The molecule has 98 valence electrons. The van der Waals surface area contributed by atoms with E-state index < -0.39 is 10.2 Å². The highest BCUT2D eigenvalue weighted by molar-refractivity contribution is 7.87. The van der Waals surface area contributed by atoms with Gasteiger partial charge in [-0.3, -0.25) is 0 Å². The maximum Gasteiger partial charge on any atom is 0.279 e. The second kappa shape index (κ2) is 6.46. The zero-order chi connectivity index (χ0) is 12.9. The summed E-state index contributed by atoms with van der Waals surface area (Å²) in [6.45, 7) is 3.27. The lowest BCUT2D eigenvalue weighted by Gasteiger charge is -2.16. The van der Waals surface area contributed by atoms with Crippen LogP contribution < -0.4 is 10.5 Å². The molecule has 0 atom stereocenters. The van der Waals surface area contributed by atoms with E-state index >= 15 is 0 Å². The van der Waals surface area contributed by atoms with Gasteiger partial charge in [-0.2, -0.15) is 17.4 Å². The SMILES string of the molecule is Cc1ccc(CNS(=O)(=O)N(C)CCCN)s1. The molecule has 0 amide bonds. The van der Waals surface area contributed by atoms with Crippen LogP contribution in [0, 0.1) is 6.92 Å². The predicted molar refractivity (Wildman–Crippen MR) is 71.1 cm³/mol. The van der Waals surface area contributed by atoms with Crippen LogP contribution in [0.25, 0.3) is 0 Å². The van der Waals surface area contributed by atoms with Crippen molar-refractivity contribution in [3.63, 3.8) is 0 Å². The van der Waals surface area contributed by atoms with Crippen LogP contribution in [0.1, 0.15) is 16.2 Å². The number of rotatable bonds is 7. The third-order valence-electron chi connectivity index (χ3n) is 2.31. The van der Waals surface area contributed by atoms with E-state index in [9.17, 15) is 8.42 Å². The van der Waals surface area contributed by atoms with Gasteiger partial charge in [-0.05, 0) is 32.0 Å². The Bertz CT molecular complexity index is 442. The van der Waals surface area contributed by atoms with Gasteiger partial charge in [0.15, 0.2) is 0 Å². The molecule has 0 unspecified atom stereocenters. The standard InChI is InChI=1S/C10H19N3O2S2/c1-9-4-5-10(16-9)8-12-17(14,15)13(2)7-3-6-11/h4-5,12H,3,6-8,11H2,1-2H3. The van der Waals surface area contributed by atoms with Crippen molar-refractivity contribution < 1.29 is 8.42 Å². The van der Waals surface area contributed by atoms with E-state index in [-0.39, 0.29) is 0 Å². The summed E-state index contributed by atoms with van der Waals surface area (Å²) in [5.74, 6) is 0. The molecule has 7 heteroatoms. The van der Waals surface area contributed by atoms with Crippen molar-refractivity contribution in [2.45, 2.75) is 19.9 Å². The summed E-state index contributed by atoms with van der Waals surface area (Å²) in [5, 5.41) is 0. The number of hydrogen-bond acceptors (Lipinski definition) is 4. The Kier molecular flexibility index (Phi) is 5.54. The molecule has 0 saturated carbocycles. The van der Waals surface area contributed by atoms with Crippen LogP contribution in [0.4, 0.5) is 0 Å². The number of aryl methyl sites for hydroxylation is 1. The van der Waals surface area contributed by atoms with E-state index in [0.717, 1.165) is 4.88 Å². The summed E-state index contributed by atoms with van der Waals surface area (Å²) >= 11 is 1.59. The molecule has 0 saturated heterocycles. The van der Waals surface area contributed by atoms with E-state index in [1.54, 1.807) is 18.4 Å². The molecule has 0 radical (unpaired) electrons. The summed E-state index contributed by atoms with van der Waals surface area (Å²) in [7, 11) is -1.83. The number of nitrogens with one attached hydrogen (secondary N) is 1. The van der Waals surface area contributed by atoms with Crippen molar-refractivity contribution in [2.75, 3.05) is 20.1 Å². The molecule has 0 bridgehead atoms. The van der Waals surface area contributed by atoms with Crippen LogP contribution in [-0.4, -0.2) is 32.9 Å². The van der Waals surface area contributed by atoms with Crippen molar-refractivity contribution in [1.29, 1.82) is 0 Å². The average Bonchev–Trinajstić information content (AvgIpc) is 2.69. The van der Waals surface area contributed by atoms with Gasteiger partial charge in [0.05, 0.1) is 0 Å². The fourth-order valence-corrected chi connectivity index (χ4v) is 3.14. The number of thiophene rings is 1. The molecule has 1 heterocycles. The maximum atomic E-state index is 11.8. The van der Waals surface area contributed by atoms with E-state index in [2.05, 4.69) is 4.72 Å². The quantitative estimate of drug-likeness (QED) is 0.769. The molecule has 17 heavy (non-hydrogen) atoms. The summed E-state index contributed by atoms with van der Waals surface area (Å²) in [5.41, 5.74) is 5.35. The monoisotopic (exact) mass is 277 g/mol. The van der Waals surface area contributed by atoms with E-state index in [1.165, 1.54) is 9.18 Å². The van der Waals surface area contributed by atoms with Crippen LogP contribution in [0.3, 0.4) is 0 Å². The van der Waals surface area contributed by atoms with Crippen molar-refractivity contribution in [3.05, 3.63) is 21.9 Å². The minimum atomic E-state index is -3.39. The van der Waals surface area contributed by atoms with E-state index in [0.29, 0.717) is 26.1 Å². The van der Waals surface area contributed by atoms with Crippen LogP contribution in [0.2, 0.25) is 0 Å². The van der Waals surface area contributed by atoms with Gasteiger partial charge in [-0.15, -0.1) is 11.3 Å². The molecule has 0 aliphatic carbocycles. The molecule has 0 fully saturated rings. The fraction of sp³-hybridized carbons (Fsp3) is 0.600. The third kappa shape index (κ3) is 4.72. The van der Waals surface area contributed by atoms with Gasteiger partial charge >= 0.3 is 0 Å². The molecule has 1 rings (SSSR count). The molecular weight excluding hydrogens is 258 g/mol. The summed E-state index contributed by atoms with van der Waals surface area (Å²) in [6, 6.07) is 3.91. The molecule has 5 nitrogen and oxygen atoms in total. The topological polar surface area (TPSA) is 75.4 Å². The smallest absolute Gasteiger partial charge is 0.279 e. The Balaban J connectivity index is 2.49. The van der Waals surface area contributed by atoms with Gasteiger partial charge in [-0.1, -0.05) is 0 Å². The normalized spacial score (nSPS) is 12.2. The second-order valence-electron chi connectivity index (χ2n) is 3.80. The van der Waals surface area contributed by atoms with Crippen molar-refractivity contribution in [3.8, 4) is 0 Å². The second-order valence-corrected chi connectivity index (χ2v) is 7.04. The average molecular weight is 277 g/mol. The van der Waals surface area contributed by atoms with Crippen molar-refractivity contribution >= 4 is 21.5 Å². The van der Waals surface area contributed by atoms with Gasteiger partial charge in [0.2, 0.25) is 0 Å². The highest BCUT2D eigenvalue weighted by Crippen LogP contribution is 2.14. The molecule has 3 N–H and O–H groups in total. The molecular formula is C10H19N3O2S2. The zero-order valence-electron chi connectivity index (χ0n) is 10.1. The third-order valence-corrected chi connectivity index (χ3v) is 4.83. The Morgan fingerprint density at radius 3 is 2.71 bits per heavy atom. The fourth-order valence-electron chi connectivity index (χ4n) is 1.29. The zero-order valence-corrected chi connectivity index (χ0v) is 11.8. The molecule has 1 aromatic rings.